The lowest BCUT2D eigenvalue weighted by Crippen LogP contribution is -2.51. The lowest BCUT2D eigenvalue weighted by atomic mass is 9.72. The molecule has 1 atom stereocenters. The second-order valence-corrected chi connectivity index (χ2v) is 26.8. The molecule has 0 radical (unpaired) electrons. The second kappa shape index (κ2) is 45.6. The van der Waals surface area contributed by atoms with Crippen LogP contribution in [-0.2, 0) is 51.9 Å². The SMILES string of the molecule is CC(=O)N1CCC(C#N)(c2ccc(F)cc2)CC1.CC(=O)N1CCC(C(N)=O)(c2ccc(F)cc2)CC1.CC(C)(C)OC(=O)N(CCCl)CCCl.CC(C)(C)OC(=O)N1CCC(C#N)(c2ccc(F)cc2)CC1.N#CC1(c2ccc(F)cc2)CCNCC1.N#CCc1ccc(F)cc1.[2H]C.[2H]C.[2H]N.[2H]O.[2H]P. The van der Waals surface area contributed by atoms with Gasteiger partial charge in [0.15, 0.2) is 0 Å². The number of primary amides is 1. The first-order valence-electron chi connectivity index (χ1n) is 35.9. The standard InChI is InChI=1S/C17H21FN2O2.C14H17FN2O2.C14H15FN2O.C12H13FN2.C9H17Cl2NO2.C8H6FN.2CH4.H3N.H2O.H3P/c1-16(2,3)22-15(21)20-10-8-17(12-19,9-11-20)13-4-6-14(18)7-5-13;1-10(18)17-8-6-14(7-9-17,13(16)19)11-2-4-12(15)5-3-11;1-11(18)17-8-6-14(10-16,7-9-17)12-2-4-13(15)5-3-12;13-11-3-1-10(2-4-11)12(9-14)5-7-15-8-6-12;1-9(2,3)14-8(13)12(6-4-10)7-5-11;9-8-3-1-7(2-4-8)5-6-10;;;;;/h4-7H,8-11H2,1-3H3;2-5H,6-9H2,1H3,(H2,16,19);2-5H,6-9H2,1H3;1-4,15H,5-8H2;4-7H2,1-3H3;1-4H,5H2;2*1H4;1H3;1H2;1H3/i;;;;;;2*1D;;;1D/hD2. The molecule has 103 heavy (non-hydrogen) atoms. The fraction of sp³-hybridized carbons (Fsp3) is 0.487. The number of carbonyl (C=O) groups is 5. The number of alkyl halides is 2. The summed E-state index contributed by atoms with van der Waals surface area (Å²) in [6.45, 7) is 19.7. The van der Waals surface area contributed by atoms with Gasteiger partial charge in [0.2, 0.25) is 19.2 Å². The van der Waals surface area contributed by atoms with E-state index in [0.29, 0.717) is 109 Å². The van der Waals surface area contributed by atoms with Crippen LogP contribution >= 0.6 is 33.0 Å². The summed E-state index contributed by atoms with van der Waals surface area (Å²) in [7, 11) is 4.17. The molecule has 0 bridgehead atoms. The van der Waals surface area contributed by atoms with Crippen LogP contribution in [-0.4, -0.2) is 145 Å². The van der Waals surface area contributed by atoms with Gasteiger partial charge in [-0.1, -0.05) is 75.5 Å². The monoisotopic (exact) mass is 1500 g/mol. The van der Waals surface area contributed by atoms with Gasteiger partial charge in [0.25, 0.3) is 0 Å². The smallest absolute Gasteiger partial charge is 0.410 e. The number of nitrogens with one attached hydrogen (secondary N) is 1. The van der Waals surface area contributed by atoms with Gasteiger partial charge in [0.1, 0.15) is 41.7 Å². The van der Waals surface area contributed by atoms with Crippen LogP contribution in [0.2, 0.25) is 1.41 Å². The largest absolute Gasteiger partial charge is 0.444 e. The van der Waals surface area contributed by atoms with Crippen molar-refractivity contribution in [2.75, 3.05) is 77.2 Å². The number of halogens is 7. The summed E-state index contributed by atoms with van der Waals surface area (Å²) in [5.74, 6) is -1.07. The summed E-state index contributed by atoms with van der Waals surface area (Å²) in [4.78, 5) is 64.6. The minimum absolute atomic E-state index is 0.00261. The number of nitriles is 4. The summed E-state index contributed by atoms with van der Waals surface area (Å²) >= 11 is 11.1. The predicted molar refractivity (Wildman–Crippen MR) is 399 cm³/mol. The van der Waals surface area contributed by atoms with E-state index in [2.05, 4.69) is 29.7 Å². The third-order valence-electron chi connectivity index (χ3n) is 17.1. The van der Waals surface area contributed by atoms with Crippen molar-refractivity contribution in [3.8, 4) is 24.3 Å². The zero-order chi connectivity index (χ0) is 82.9. The number of ether oxygens (including phenoxy) is 2. The summed E-state index contributed by atoms with van der Waals surface area (Å²) in [6.07, 6.45) is 8.20. The molecule has 0 spiro atoms. The summed E-state index contributed by atoms with van der Waals surface area (Å²) in [5, 5.41) is 39.8. The molecule has 4 heterocycles. The van der Waals surface area contributed by atoms with Crippen molar-refractivity contribution in [3.05, 3.63) is 178 Å². The van der Waals surface area contributed by atoms with Gasteiger partial charge in [-0.15, -0.1) is 23.2 Å². The first-order valence-corrected chi connectivity index (χ1v) is 33.3. The number of piperidine rings is 4. The summed E-state index contributed by atoms with van der Waals surface area (Å²) in [5.41, 5.74) is 12.5. The molecular formula is C76H105Cl2F5N11O8P. The summed E-state index contributed by atoms with van der Waals surface area (Å²) in [6, 6.07) is 39.3. The van der Waals surface area contributed by atoms with E-state index < -0.39 is 38.8 Å². The van der Waals surface area contributed by atoms with E-state index in [4.69, 9.17) is 56.0 Å². The highest BCUT2D eigenvalue weighted by molar-refractivity contribution is 6.92. The minimum atomic E-state index is -0.792. The Morgan fingerprint density at radius 1 is 0.553 bits per heavy atom. The van der Waals surface area contributed by atoms with Crippen molar-refractivity contribution in [1.82, 2.24) is 31.1 Å². The Balaban J connectivity index is 0. The molecule has 9 rings (SSSR count). The Morgan fingerprint density at radius 3 is 1.13 bits per heavy atom. The van der Waals surface area contributed by atoms with Crippen molar-refractivity contribution in [3.63, 3.8) is 0 Å². The second-order valence-electron chi connectivity index (χ2n) is 26.1. The molecule has 566 valence electrons. The number of nitrogens with two attached hydrogens (primary N) is 1. The van der Waals surface area contributed by atoms with Crippen molar-refractivity contribution < 1.29 is 66.5 Å². The molecule has 5 aromatic rings. The highest BCUT2D eigenvalue weighted by atomic mass is 35.5. The lowest BCUT2D eigenvalue weighted by Gasteiger charge is -2.39. The molecule has 1 unspecified atom stereocenters. The van der Waals surface area contributed by atoms with E-state index in [1.807, 2.05) is 47.6 Å². The Kier molecular flexibility index (Phi) is 38.5. The molecule has 0 saturated carbocycles. The number of benzene rings is 5. The van der Waals surface area contributed by atoms with Gasteiger partial charge >= 0.3 is 12.2 Å². The first kappa shape index (κ1) is 87.0. The number of rotatable bonds is 10. The number of amides is 5. The molecule has 8 N–H and O–H groups in total. The molecule has 19 nitrogen and oxygen atoms in total. The van der Waals surface area contributed by atoms with Crippen LogP contribution < -0.4 is 17.2 Å². The van der Waals surface area contributed by atoms with E-state index in [1.54, 1.807) is 85.2 Å². The average Bonchev–Trinajstić information content (AvgIpc) is 0.788. The van der Waals surface area contributed by atoms with Crippen molar-refractivity contribution in [1.29, 1.82) is 22.3 Å². The molecule has 27 heteroatoms. The van der Waals surface area contributed by atoms with E-state index in [9.17, 15) is 61.7 Å². The van der Waals surface area contributed by atoms with Crippen molar-refractivity contribution in [2.45, 2.75) is 161 Å². The first-order chi connectivity index (χ1) is 51.3. The average molecular weight is 1500 g/mol. The Morgan fingerprint density at radius 2 is 0.845 bits per heavy atom. The summed E-state index contributed by atoms with van der Waals surface area (Å²) < 4.78 is 102. The van der Waals surface area contributed by atoms with Crippen molar-refractivity contribution in [2.24, 2.45) is 5.73 Å². The molecule has 4 aliphatic heterocycles. The zero-order valence-corrected chi connectivity index (χ0v) is 63.3. The zero-order valence-electron chi connectivity index (χ0n) is 65.7. The topological polar surface area (TPSA) is 316 Å². The van der Waals surface area contributed by atoms with Crippen LogP contribution in [0.4, 0.5) is 31.5 Å². The van der Waals surface area contributed by atoms with E-state index in [-0.39, 0.29) is 53.1 Å². The van der Waals surface area contributed by atoms with Crippen LogP contribution in [0, 0.1) is 74.4 Å². The third kappa shape index (κ3) is 30.0. The maximum absolute atomic E-state index is 13.1. The molecule has 0 aliphatic carbocycles. The predicted octanol–water partition coefficient (Wildman–Crippen LogP) is 14.3. The number of hydrogen-bond acceptors (Lipinski definition) is 13. The fourth-order valence-corrected chi connectivity index (χ4v) is 11.7. The van der Waals surface area contributed by atoms with Crippen molar-refractivity contribution >= 4 is 63.0 Å². The molecule has 4 fully saturated rings. The van der Waals surface area contributed by atoms with E-state index in [0.717, 1.165) is 53.7 Å². The van der Waals surface area contributed by atoms with Gasteiger partial charge in [-0.2, -0.15) is 30.9 Å². The fourth-order valence-electron chi connectivity index (χ4n) is 11.3. The maximum Gasteiger partial charge on any atom is 0.410 e. The minimum Gasteiger partial charge on any atom is -0.444 e. The molecule has 5 aromatic carbocycles. The van der Waals surface area contributed by atoms with Crippen LogP contribution in [0.25, 0.3) is 0 Å². The van der Waals surface area contributed by atoms with Crippen LogP contribution in [0.5, 0.6) is 0 Å². The molecule has 4 aliphatic rings. The normalized spacial score (nSPS) is 15.8. The number of likely N-dealkylation sites (tertiary alicyclic amines) is 3. The van der Waals surface area contributed by atoms with Gasteiger partial charge in [-0.25, -0.2) is 31.5 Å². The molecule has 0 aromatic heterocycles. The van der Waals surface area contributed by atoms with Gasteiger partial charge in [-0.05, 0) is 194 Å². The van der Waals surface area contributed by atoms with E-state index >= 15 is 0 Å². The van der Waals surface area contributed by atoms with E-state index in [1.165, 1.54) is 94.2 Å². The Bertz CT molecular complexity index is 3580. The highest BCUT2D eigenvalue weighted by Crippen LogP contribution is 2.39. The number of nitrogens with zero attached hydrogens (tertiary/aromatic N) is 8. The number of carbonyl (C=O) groups excluding carboxylic acids is 5. The Labute approximate surface area is 626 Å². The maximum atomic E-state index is 13.1. The number of hydrogen-bond donors (Lipinski definition) is 3. The van der Waals surface area contributed by atoms with Crippen LogP contribution in [0.3, 0.4) is 0 Å². The quantitative estimate of drug-likeness (QED) is 0.0666. The molecule has 5 amide bonds. The van der Waals surface area contributed by atoms with Gasteiger partial charge in [0, 0.05) is 80.7 Å². The van der Waals surface area contributed by atoms with Crippen LogP contribution in [0.15, 0.2) is 121 Å². The van der Waals surface area contributed by atoms with Gasteiger partial charge < -0.3 is 51.7 Å². The van der Waals surface area contributed by atoms with Gasteiger partial charge in [-0.3, -0.25) is 14.4 Å². The lowest BCUT2D eigenvalue weighted by molar-refractivity contribution is -0.134. The third-order valence-corrected chi connectivity index (χ3v) is 17.4. The molecule has 4 saturated heterocycles. The van der Waals surface area contributed by atoms with Crippen LogP contribution in [0.1, 0.15) is 154 Å². The highest BCUT2D eigenvalue weighted by Gasteiger charge is 2.43. The molecular weight excluding hydrogens is 1390 g/mol. The van der Waals surface area contributed by atoms with Gasteiger partial charge in [0.05, 0.1) is 53.6 Å². The Hall–Kier alpha value is -8.45.